The number of hydrogen-bond donors (Lipinski definition) is 0. The summed E-state index contributed by atoms with van der Waals surface area (Å²) in [6, 6.07) is 13.8. The van der Waals surface area contributed by atoms with Gasteiger partial charge in [0.25, 0.3) is 5.91 Å². The van der Waals surface area contributed by atoms with Gasteiger partial charge in [-0.2, -0.15) is 5.10 Å². The number of aromatic nitrogens is 3. The van der Waals surface area contributed by atoms with Gasteiger partial charge in [-0.3, -0.25) is 4.79 Å². The molecule has 1 aliphatic heterocycles. The minimum atomic E-state index is 0.0417. The molecule has 1 aliphatic rings. The molecule has 2 heterocycles. The van der Waals surface area contributed by atoms with Crippen LogP contribution in [0.1, 0.15) is 34.3 Å². The molecule has 0 saturated carbocycles. The zero-order valence-electron chi connectivity index (χ0n) is 13.7. The maximum Gasteiger partial charge on any atom is 0.258 e. The van der Waals surface area contributed by atoms with E-state index in [1.54, 1.807) is 11.0 Å². The normalized spacial score (nSPS) is 16.2. The Morgan fingerprint density at radius 2 is 2.00 bits per heavy atom. The highest BCUT2D eigenvalue weighted by Gasteiger charge is 2.30. The summed E-state index contributed by atoms with van der Waals surface area (Å²) < 4.78 is 1.71. The van der Waals surface area contributed by atoms with Gasteiger partial charge in [0.1, 0.15) is 12.7 Å². The Labute approximate surface area is 140 Å². The van der Waals surface area contributed by atoms with E-state index in [2.05, 4.69) is 23.1 Å². The third kappa shape index (κ3) is 2.29. The van der Waals surface area contributed by atoms with Gasteiger partial charge in [0.2, 0.25) is 0 Å². The van der Waals surface area contributed by atoms with Crippen molar-refractivity contribution in [1.29, 1.82) is 0 Å². The van der Waals surface area contributed by atoms with Gasteiger partial charge in [-0.05, 0) is 42.3 Å². The first-order valence-corrected chi connectivity index (χ1v) is 8.01. The largest absolute Gasteiger partial charge is 0.307 e. The van der Waals surface area contributed by atoms with Crippen LogP contribution in [0.5, 0.6) is 0 Å². The molecule has 4 rings (SSSR count). The Hall–Kier alpha value is -2.95. The molecule has 0 spiro atoms. The van der Waals surface area contributed by atoms with Crippen LogP contribution in [-0.2, 0) is 0 Å². The van der Waals surface area contributed by atoms with Crippen molar-refractivity contribution in [3.8, 4) is 5.69 Å². The molecule has 120 valence electrons. The van der Waals surface area contributed by atoms with Crippen LogP contribution in [0.25, 0.3) is 5.69 Å². The topological polar surface area (TPSA) is 51.0 Å². The lowest BCUT2D eigenvalue weighted by Gasteiger charge is -2.18. The molecule has 0 bridgehead atoms. The Bertz CT molecular complexity index is 901. The van der Waals surface area contributed by atoms with Gasteiger partial charge in [-0.1, -0.05) is 25.1 Å². The van der Waals surface area contributed by atoms with Crippen molar-refractivity contribution in [1.82, 2.24) is 14.8 Å². The maximum absolute atomic E-state index is 13.0. The summed E-state index contributed by atoms with van der Waals surface area (Å²) in [6.07, 6.45) is 3.16. The van der Waals surface area contributed by atoms with E-state index in [0.717, 1.165) is 23.5 Å². The molecule has 0 saturated heterocycles. The van der Waals surface area contributed by atoms with E-state index >= 15 is 0 Å². The highest BCUT2D eigenvalue weighted by molar-refractivity contribution is 6.07. The van der Waals surface area contributed by atoms with Crippen molar-refractivity contribution < 1.29 is 4.79 Å². The van der Waals surface area contributed by atoms with Gasteiger partial charge in [-0.25, -0.2) is 9.67 Å². The molecule has 0 N–H and O–H groups in total. The van der Waals surface area contributed by atoms with Crippen molar-refractivity contribution in [2.24, 2.45) is 0 Å². The second-order valence-corrected chi connectivity index (χ2v) is 6.22. The molecule has 1 atom stereocenters. The number of carbonyl (C=O) groups is 1. The van der Waals surface area contributed by atoms with Gasteiger partial charge in [0, 0.05) is 23.7 Å². The average molecular weight is 318 g/mol. The summed E-state index contributed by atoms with van der Waals surface area (Å²) in [7, 11) is 0. The molecule has 1 aromatic heterocycles. The van der Waals surface area contributed by atoms with Crippen LogP contribution in [0, 0.1) is 6.92 Å². The zero-order valence-corrected chi connectivity index (χ0v) is 13.7. The van der Waals surface area contributed by atoms with E-state index in [9.17, 15) is 4.79 Å². The molecule has 24 heavy (non-hydrogen) atoms. The smallest absolute Gasteiger partial charge is 0.258 e. The van der Waals surface area contributed by atoms with Gasteiger partial charge in [0.15, 0.2) is 0 Å². The van der Waals surface area contributed by atoms with Crippen LogP contribution < -0.4 is 4.90 Å². The van der Waals surface area contributed by atoms with Crippen LogP contribution in [0.2, 0.25) is 0 Å². The Kier molecular flexibility index (Phi) is 3.41. The molecular formula is C19H18N4O. The summed E-state index contributed by atoms with van der Waals surface area (Å²) in [5, 5.41) is 4.15. The van der Waals surface area contributed by atoms with E-state index < -0.39 is 0 Å². The van der Waals surface area contributed by atoms with Crippen LogP contribution in [-0.4, -0.2) is 27.2 Å². The molecule has 0 unspecified atom stereocenters. The van der Waals surface area contributed by atoms with E-state index in [-0.39, 0.29) is 5.91 Å². The summed E-state index contributed by atoms with van der Waals surface area (Å²) >= 11 is 0. The zero-order chi connectivity index (χ0) is 16.7. The Morgan fingerprint density at radius 1 is 1.17 bits per heavy atom. The van der Waals surface area contributed by atoms with E-state index in [1.165, 1.54) is 11.9 Å². The van der Waals surface area contributed by atoms with E-state index in [1.807, 2.05) is 48.2 Å². The molecule has 1 amide bonds. The molecule has 2 aromatic carbocycles. The second kappa shape index (κ2) is 5.60. The predicted octanol–water partition coefficient (Wildman–Crippen LogP) is 3.34. The second-order valence-electron chi connectivity index (χ2n) is 6.22. The van der Waals surface area contributed by atoms with Crippen LogP contribution in [0.4, 0.5) is 5.69 Å². The Morgan fingerprint density at radius 3 is 2.75 bits per heavy atom. The van der Waals surface area contributed by atoms with Gasteiger partial charge in [-0.15, -0.1) is 0 Å². The molecular weight excluding hydrogens is 300 g/mol. The number of fused-ring (bicyclic) bond motifs is 1. The van der Waals surface area contributed by atoms with E-state index in [0.29, 0.717) is 11.5 Å². The van der Waals surface area contributed by atoms with Gasteiger partial charge < -0.3 is 4.90 Å². The molecule has 0 aliphatic carbocycles. The quantitative estimate of drug-likeness (QED) is 0.728. The first-order chi connectivity index (χ1) is 11.6. The van der Waals surface area contributed by atoms with Gasteiger partial charge >= 0.3 is 0 Å². The highest BCUT2D eigenvalue weighted by atomic mass is 16.2. The van der Waals surface area contributed by atoms with Crippen LogP contribution in [0.15, 0.2) is 55.1 Å². The number of para-hydroxylation sites is 1. The molecule has 5 heteroatoms. The third-order valence-electron chi connectivity index (χ3n) is 4.57. The number of nitrogens with zero attached hydrogens (tertiary/aromatic N) is 4. The van der Waals surface area contributed by atoms with Crippen molar-refractivity contribution in [2.45, 2.75) is 19.8 Å². The SMILES string of the molecule is Cc1cc(C(=O)N2C[C@@H](C)c3ccccc32)ccc1-n1cncn1. The summed E-state index contributed by atoms with van der Waals surface area (Å²) in [5.41, 5.74) is 4.88. The molecule has 5 nitrogen and oxygen atoms in total. The fourth-order valence-corrected chi connectivity index (χ4v) is 3.35. The van der Waals surface area contributed by atoms with Gasteiger partial charge in [0.05, 0.1) is 5.69 Å². The van der Waals surface area contributed by atoms with Crippen molar-refractivity contribution in [3.05, 3.63) is 71.8 Å². The summed E-state index contributed by atoms with van der Waals surface area (Å²) in [5.74, 6) is 0.403. The fraction of sp³-hybridized carbons (Fsp3) is 0.211. The van der Waals surface area contributed by atoms with Crippen molar-refractivity contribution in [2.75, 3.05) is 11.4 Å². The third-order valence-corrected chi connectivity index (χ3v) is 4.57. The predicted molar refractivity (Wildman–Crippen MR) is 92.6 cm³/mol. The number of rotatable bonds is 2. The van der Waals surface area contributed by atoms with Crippen LogP contribution >= 0.6 is 0 Å². The number of carbonyl (C=O) groups excluding carboxylic acids is 1. The Balaban J connectivity index is 1.68. The van der Waals surface area contributed by atoms with Crippen molar-refractivity contribution in [3.63, 3.8) is 0 Å². The highest BCUT2D eigenvalue weighted by Crippen LogP contribution is 2.36. The lowest BCUT2D eigenvalue weighted by molar-refractivity contribution is 0.0988. The first kappa shape index (κ1) is 14.6. The number of aryl methyl sites for hydroxylation is 1. The monoisotopic (exact) mass is 318 g/mol. The summed E-state index contributed by atoms with van der Waals surface area (Å²) in [6.45, 7) is 4.86. The fourth-order valence-electron chi connectivity index (χ4n) is 3.35. The molecule has 0 radical (unpaired) electrons. The minimum Gasteiger partial charge on any atom is -0.307 e. The summed E-state index contributed by atoms with van der Waals surface area (Å²) in [4.78, 5) is 18.8. The van der Waals surface area contributed by atoms with E-state index in [4.69, 9.17) is 0 Å². The minimum absolute atomic E-state index is 0.0417. The number of anilines is 1. The molecule has 0 fully saturated rings. The standard InChI is InChI=1S/C19H18N4O/c1-13-9-15(7-8-17(13)23-12-20-11-21-23)19(24)22-10-14(2)16-5-3-4-6-18(16)22/h3-9,11-12,14H,10H2,1-2H3/t14-/m1/s1. The number of amides is 1. The lowest BCUT2D eigenvalue weighted by Crippen LogP contribution is -2.29. The average Bonchev–Trinajstić information content (AvgIpc) is 3.23. The first-order valence-electron chi connectivity index (χ1n) is 8.01. The lowest BCUT2D eigenvalue weighted by atomic mass is 10.0. The molecule has 3 aromatic rings. The maximum atomic E-state index is 13.0. The number of hydrogen-bond acceptors (Lipinski definition) is 3. The van der Waals surface area contributed by atoms with Crippen LogP contribution in [0.3, 0.4) is 0 Å². The van der Waals surface area contributed by atoms with Crippen molar-refractivity contribution >= 4 is 11.6 Å². The number of benzene rings is 2.